The number of fused-ring (bicyclic) bond motifs is 1. The fourth-order valence-corrected chi connectivity index (χ4v) is 3.76. The van der Waals surface area contributed by atoms with Gasteiger partial charge < -0.3 is 14.5 Å². The van der Waals surface area contributed by atoms with Gasteiger partial charge in [-0.1, -0.05) is 32.9 Å². The van der Waals surface area contributed by atoms with E-state index in [4.69, 9.17) is 9.15 Å². The smallest absolute Gasteiger partial charge is 0.408 e. The number of hydrogen-bond acceptors (Lipinski definition) is 4. The standard InChI is InChI=1S/C21H21FN2O4.C2H6/c1-2-21(10-9-17(28-21)13-3-5-14(22)6-4-13)12-19(25)23-15-7-8-16-18(11-15)27-20(26)24-16;1-2/h3-8,11,17H,2,9-10,12H2,1H3,(H,23,25)(H,24,26);1-2H3. The summed E-state index contributed by atoms with van der Waals surface area (Å²) in [6.07, 6.45) is 2.32. The minimum Gasteiger partial charge on any atom is -0.408 e. The van der Waals surface area contributed by atoms with E-state index in [0.717, 1.165) is 18.4 Å². The lowest BCUT2D eigenvalue weighted by Crippen LogP contribution is -2.33. The second kappa shape index (κ2) is 9.26. The Bertz CT molecular complexity index is 1060. The molecule has 1 aliphatic heterocycles. The number of halogens is 1. The normalized spacial score (nSPS) is 20.6. The monoisotopic (exact) mass is 414 g/mol. The first-order chi connectivity index (χ1) is 14.5. The number of aromatic nitrogens is 1. The van der Waals surface area contributed by atoms with E-state index in [9.17, 15) is 14.0 Å². The highest BCUT2D eigenvalue weighted by atomic mass is 19.1. The molecule has 0 spiro atoms. The van der Waals surface area contributed by atoms with E-state index in [1.807, 2.05) is 20.8 Å². The van der Waals surface area contributed by atoms with Gasteiger partial charge in [-0.15, -0.1) is 0 Å². The molecule has 1 saturated heterocycles. The second-order valence-electron chi connectivity index (χ2n) is 7.18. The van der Waals surface area contributed by atoms with Gasteiger partial charge in [-0.3, -0.25) is 9.78 Å². The van der Waals surface area contributed by atoms with Gasteiger partial charge in [0.05, 0.1) is 23.6 Å². The van der Waals surface area contributed by atoms with Gasteiger partial charge in [0, 0.05) is 11.8 Å². The van der Waals surface area contributed by atoms with Crippen molar-refractivity contribution in [2.45, 2.75) is 58.2 Å². The number of carbonyl (C=O) groups excluding carboxylic acids is 1. The SMILES string of the molecule is CC.CCC1(CC(=O)Nc2ccc3[nH]c(=O)oc3c2)CCC(c2ccc(F)cc2)O1. The van der Waals surface area contributed by atoms with Crippen LogP contribution >= 0.6 is 0 Å². The molecule has 160 valence electrons. The molecule has 2 atom stereocenters. The van der Waals surface area contributed by atoms with Crippen LogP contribution in [-0.4, -0.2) is 16.5 Å². The van der Waals surface area contributed by atoms with Crippen molar-refractivity contribution in [3.05, 3.63) is 64.4 Å². The predicted molar refractivity (Wildman–Crippen MR) is 114 cm³/mol. The highest BCUT2D eigenvalue weighted by molar-refractivity contribution is 5.93. The Morgan fingerprint density at radius 3 is 2.67 bits per heavy atom. The minimum absolute atomic E-state index is 0.140. The summed E-state index contributed by atoms with van der Waals surface area (Å²) in [5.74, 6) is -0.980. The quantitative estimate of drug-likeness (QED) is 0.592. The number of rotatable bonds is 5. The van der Waals surface area contributed by atoms with Crippen molar-refractivity contribution in [1.29, 1.82) is 0 Å². The number of ether oxygens (including phenoxy) is 1. The molecule has 2 aromatic carbocycles. The molecule has 2 N–H and O–H groups in total. The van der Waals surface area contributed by atoms with Crippen LogP contribution in [-0.2, 0) is 9.53 Å². The molecule has 2 unspecified atom stereocenters. The number of nitrogens with one attached hydrogen (secondary N) is 2. The van der Waals surface area contributed by atoms with Gasteiger partial charge >= 0.3 is 5.76 Å². The number of anilines is 1. The van der Waals surface area contributed by atoms with E-state index in [1.54, 1.807) is 30.3 Å². The summed E-state index contributed by atoms with van der Waals surface area (Å²) in [5, 5.41) is 2.85. The molecule has 1 amide bonds. The molecule has 30 heavy (non-hydrogen) atoms. The third kappa shape index (κ3) is 4.79. The molecule has 7 heteroatoms. The molecule has 0 radical (unpaired) electrons. The number of H-pyrrole nitrogens is 1. The number of aromatic amines is 1. The van der Waals surface area contributed by atoms with Crippen LogP contribution in [0.25, 0.3) is 11.1 Å². The van der Waals surface area contributed by atoms with Crippen LogP contribution in [0.4, 0.5) is 10.1 Å². The van der Waals surface area contributed by atoms with Crippen LogP contribution in [0.2, 0.25) is 0 Å². The summed E-state index contributed by atoms with van der Waals surface area (Å²) in [5.41, 5.74) is 1.90. The van der Waals surface area contributed by atoms with Crippen molar-refractivity contribution >= 4 is 22.7 Å². The van der Waals surface area contributed by atoms with Crippen molar-refractivity contribution in [3.8, 4) is 0 Å². The van der Waals surface area contributed by atoms with E-state index < -0.39 is 11.4 Å². The van der Waals surface area contributed by atoms with Crippen LogP contribution < -0.4 is 11.1 Å². The lowest BCUT2D eigenvalue weighted by atomic mass is 9.92. The topological polar surface area (TPSA) is 84.3 Å². The summed E-state index contributed by atoms with van der Waals surface area (Å²) in [7, 11) is 0. The van der Waals surface area contributed by atoms with Gasteiger partial charge in [-0.25, -0.2) is 9.18 Å². The van der Waals surface area contributed by atoms with Gasteiger partial charge in [-0.2, -0.15) is 0 Å². The maximum Gasteiger partial charge on any atom is 0.417 e. The van der Waals surface area contributed by atoms with Gasteiger partial charge in [0.2, 0.25) is 5.91 Å². The summed E-state index contributed by atoms with van der Waals surface area (Å²) < 4.78 is 24.4. The van der Waals surface area contributed by atoms with E-state index in [-0.39, 0.29) is 24.2 Å². The van der Waals surface area contributed by atoms with E-state index in [0.29, 0.717) is 23.2 Å². The molecular formula is C23H27FN2O4. The van der Waals surface area contributed by atoms with Crippen molar-refractivity contribution in [2.24, 2.45) is 0 Å². The molecule has 0 bridgehead atoms. The summed E-state index contributed by atoms with van der Waals surface area (Å²) >= 11 is 0. The zero-order chi connectivity index (χ0) is 21.7. The van der Waals surface area contributed by atoms with E-state index >= 15 is 0 Å². The molecule has 1 aromatic heterocycles. The lowest BCUT2D eigenvalue weighted by molar-refractivity contribution is -0.124. The molecule has 1 aliphatic rings. The molecule has 0 saturated carbocycles. The van der Waals surface area contributed by atoms with Gasteiger partial charge in [-0.05, 0) is 49.1 Å². The first-order valence-corrected chi connectivity index (χ1v) is 10.3. The predicted octanol–water partition coefficient (Wildman–Crippen LogP) is 5.32. The van der Waals surface area contributed by atoms with Crippen LogP contribution in [0.1, 0.15) is 58.1 Å². The van der Waals surface area contributed by atoms with E-state index in [2.05, 4.69) is 10.3 Å². The summed E-state index contributed by atoms with van der Waals surface area (Å²) in [4.78, 5) is 26.4. The summed E-state index contributed by atoms with van der Waals surface area (Å²) in [6, 6.07) is 11.3. The Labute approximate surface area is 174 Å². The molecule has 6 nitrogen and oxygen atoms in total. The average molecular weight is 414 g/mol. The zero-order valence-electron chi connectivity index (χ0n) is 17.5. The molecular weight excluding hydrogens is 387 g/mol. The van der Waals surface area contributed by atoms with Crippen molar-refractivity contribution in [3.63, 3.8) is 0 Å². The number of amides is 1. The lowest BCUT2D eigenvalue weighted by Gasteiger charge is -2.28. The van der Waals surface area contributed by atoms with Crippen LogP contribution in [0.5, 0.6) is 0 Å². The molecule has 3 aromatic rings. The van der Waals surface area contributed by atoms with Crippen LogP contribution in [0, 0.1) is 5.82 Å². The van der Waals surface area contributed by atoms with Gasteiger partial charge in [0.25, 0.3) is 0 Å². The third-order valence-electron chi connectivity index (χ3n) is 5.33. The van der Waals surface area contributed by atoms with E-state index in [1.165, 1.54) is 12.1 Å². The average Bonchev–Trinajstić information content (AvgIpc) is 3.33. The Morgan fingerprint density at radius 1 is 1.23 bits per heavy atom. The maximum atomic E-state index is 13.1. The largest absolute Gasteiger partial charge is 0.417 e. The van der Waals surface area contributed by atoms with Crippen molar-refractivity contribution in [2.75, 3.05) is 5.32 Å². The first-order valence-electron chi connectivity index (χ1n) is 10.3. The van der Waals surface area contributed by atoms with Gasteiger partial charge in [0.1, 0.15) is 5.82 Å². The van der Waals surface area contributed by atoms with Crippen molar-refractivity contribution in [1.82, 2.24) is 4.98 Å². The Balaban J connectivity index is 0.00000124. The number of oxazole rings is 1. The second-order valence-corrected chi connectivity index (χ2v) is 7.18. The maximum absolute atomic E-state index is 13.1. The molecule has 4 rings (SSSR count). The zero-order valence-corrected chi connectivity index (χ0v) is 17.5. The fourth-order valence-electron chi connectivity index (χ4n) is 3.76. The van der Waals surface area contributed by atoms with Crippen LogP contribution in [0.15, 0.2) is 51.7 Å². The Kier molecular flexibility index (Phi) is 6.72. The third-order valence-corrected chi connectivity index (χ3v) is 5.33. The van der Waals surface area contributed by atoms with Crippen LogP contribution in [0.3, 0.4) is 0 Å². The number of benzene rings is 2. The molecule has 0 aliphatic carbocycles. The highest BCUT2D eigenvalue weighted by Gasteiger charge is 2.41. The Hall–Kier alpha value is -2.93. The van der Waals surface area contributed by atoms with Gasteiger partial charge in [0.15, 0.2) is 5.58 Å². The minimum atomic E-state index is -0.548. The number of hydrogen-bond donors (Lipinski definition) is 2. The highest BCUT2D eigenvalue weighted by Crippen LogP contribution is 2.43. The first kappa shape index (κ1) is 21.8. The summed E-state index contributed by atoms with van der Waals surface area (Å²) in [6.45, 7) is 6.00. The van der Waals surface area contributed by atoms with Crippen molar-refractivity contribution < 1.29 is 18.3 Å². The Morgan fingerprint density at radius 2 is 1.97 bits per heavy atom. The molecule has 2 heterocycles. The number of carbonyl (C=O) groups is 1. The molecule has 1 fully saturated rings. The fraction of sp³-hybridized carbons (Fsp3) is 0.391.